The van der Waals surface area contributed by atoms with Gasteiger partial charge in [-0.15, -0.1) is 11.3 Å². The van der Waals surface area contributed by atoms with Gasteiger partial charge in [0.15, 0.2) is 0 Å². The molecule has 1 N–H and O–H groups in total. The SMILES string of the molecule is CC(C)C[C@@]1(C(=O)O)C[C@H](c2cnccn2)[C@H](c2nc3ccccc3s2)N1C(=O)c1ccc(C(C)(C)C)cc1. The van der Waals surface area contributed by atoms with Crippen molar-refractivity contribution in [1.82, 2.24) is 19.9 Å². The number of benzene rings is 2. The Kier molecular flexibility index (Phi) is 7.01. The Morgan fingerprint density at radius 1 is 1.10 bits per heavy atom. The number of aromatic nitrogens is 3. The molecule has 1 aliphatic heterocycles. The van der Waals surface area contributed by atoms with E-state index in [2.05, 4.69) is 30.7 Å². The summed E-state index contributed by atoms with van der Waals surface area (Å²) in [4.78, 5) is 43.2. The normalized spacial score (nSPS) is 21.5. The monoisotopic (exact) mass is 542 g/mol. The predicted octanol–water partition coefficient (Wildman–Crippen LogP) is 6.62. The van der Waals surface area contributed by atoms with Gasteiger partial charge in [-0.1, -0.05) is 58.9 Å². The highest BCUT2D eigenvalue weighted by Crippen LogP contribution is 2.55. The van der Waals surface area contributed by atoms with Crippen molar-refractivity contribution in [2.75, 3.05) is 0 Å². The number of likely N-dealkylation sites (tertiary alicyclic amines) is 1. The van der Waals surface area contributed by atoms with Gasteiger partial charge in [0.2, 0.25) is 0 Å². The Morgan fingerprint density at radius 2 is 1.82 bits per heavy atom. The summed E-state index contributed by atoms with van der Waals surface area (Å²) in [5.41, 5.74) is 1.55. The summed E-state index contributed by atoms with van der Waals surface area (Å²) in [6.07, 6.45) is 5.44. The summed E-state index contributed by atoms with van der Waals surface area (Å²) in [5, 5.41) is 11.6. The van der Waals surface area contributed by atoms with Crippen LogP contribution < -0.4 is 0 Å². The molecule has 0 bridgehead atoms. The van der Waals surface area contributed by atoms with Crippen LogP contribution in [0.15, 0.2) is 67.1 Å². The molecule has 1 amide bonds. The number of aliphatic carboxylic acids is 1. The summed E-state index contributed by atoms with van der Waals surface area (Å²) in [5.74, 6) is -1.66. The van der Waals surface area contributed by atoms with E-state index in [1.807, 2.05) is 62.4 Å². The molecule has 4 aromatic rings. The van der Waals surface area contributed by atoms with Crippen LogP contribution >= 0.6 is 11.3 Å². The fraction of sp³-hybridized carbons (Fsp3) is 0.387. The molecule has 0 aliphatic carbocycles. The molecule has 1 saturated heterocycles. The third-order valence-electron chi connectivity index (χ3n) is 7.57. The lowest BCUT2D eigenvalue weighted by Crippen LogP contribution is -2.54. The molecule has 0 saturated carbocycles. The van der Waals surface area contributed by atoms with Gasteiger partial charge in [-0.25, -0.2) is 9.78 Å². The number of thiazole rings is 1. The summed E-state index contributed by atoms with van der Waals surface area (Å²) in [6.45, 7) is 10.4. The second kappa shape index (κ2) is 10.2. The first-order valence-electron chi connectivity index (χ1n) is 13.3. The fourth-order valence-corrected chi connectivity index (χ4v) is 6.92. The number of nitrogens with zero attached hydrogens (tertiary/aromatic N) is 4. The molecule has 7 nitrogen and oxygen atoms in total. The molecule has 5 rings (SSSR count). The zero-order chi connectivity index (χ0) is 27.9. The van der Waals surface area contributed by atoms with Crippen LogP contribution in [-0.4, -0.2) is 42.4 Å². The summed E-state index contributed by atoms with van der Waals surface area (Å²) >= 11 is 1.50. The third kappa shape index (κ3) is 4.93. The minimum Gasteiger partial charge on any atom is -0.479 e. The number of hydrogen-bond donors (Lipinski definition) is 1. The van der Waals surface area contributed by atoms with E-state index in [1.54, 1.807) is 23.5 Å². The lowest BCUT2D eigenvalue weighted by atomic mass is 9.83. The maximum Gasteiger partial charge on any atom is 0.329 e. The van der Waals surface area contributed by atoms with E-state index in [0.717, 1.165) is 15.8 Å². The van der Waals surface area contributed by atoms with Crippen LogP contribution in [0.1, 0.15) is 86.0 Å². The molecular formula is C31H34N4O3S. The van der Waals surface area contributed by atoms with Gasteiger partial charge in [0.05, 0.1) is 22.0 Å². The van der Waals surface area contributed by atoms with Crippen LogP contribution in [0.3, 0.4) is 0 Å². The molecular weight excluding hydrogens is 508 g/mol. The van der Waals surface area contributed by atoms with Gasteiger partial charge in [-0.05, 0) is 54.0 Å². The molecule has 3 heterocycles. The summed E-state index contributed by atoms with van der Waals surface area (Å²) in [7, 11) is 0. The maximum absolute atomic E-state index is 14.5. The standard InChI is InChI=1S/C31H34N4O3S/c1-19(2)16-31(29(37)38)17-22(24-18-32-14-15-33-24)26(27-34-23-8-6-7-9-25(23)39-27)35(31)28(36)20-10-12-21(13-11-20)30(3,4)5/h6-15,18-19,22,26H,16-17H2,1-5H3,(H,37,38)/t22-,26-,31+/m1/s1. The Labute approximate surface area is 233 Å². The van der Waals surface area contributed by atoms with E-state index in [1.165, 1.54) is 11.3 Å². The number of carboxylic acids is 1. The largest absolute Gasteiger partial charge is 0.479 e. The van der Waals surface area contributed by atoms with Crippen LogP contribution in [0, 0.1) is 5.92 Å². The van der Waals surface area contributed by atoms with Crippen LogP contribution in [0.4, 0.5) is 0 Å². The molecule has 1 aliphatic rings. The molecule has 1 fully saturated rings. The van der Waals surface area contributed by atoms with Crippen molar-refractivity contribution in [3.8, 4) is 0 Å². The number of hydrogen-bond acceptors (Lipinski definition) is 6. The highest BCUT2D eigenvalue weighted by Gasteiger charge is 2.60. The van der Waals surface area contributed by atoms with E-state index >= 15 is 0 Å². The lowest BCUT2D eigenvalue weighted by Gasteiger charge is -2.38. The highest BCUT2D eigenvalue weighted by atomic mass is 32.1. The fourth-order valence-electron chi connectivity index (χ4n) is 5.79. The first kappa shape index (κ1) is 26.9. The molecule has 39 heavy (non-hydrogen) atoms. The van der Waals surface area contributed by atoms with Gasteiger partial charge in [0.25, 0.3) is 5.91 Å². The smallest absolute Gasteiger partial charge is 0.329 e. The van der Waals surface area contributed by atoms with Gasteiger partial charge in [0, 0.05) is 30.1 Å². The number of rotatable bonds is 6. The molecule has 8 heteroatoms. The summed E-state index contributed by atoms with van der Waals surface area (Å²) < 4.78 is 0.990. The number of para-hydroxylation sites is 1. The Morgan fingerprint density at radius 3 is 2.41 bits per heavy atom. The second-order valence-corrected chi connectivity index (χ2v) is 12.9. The number of carbonyl (C=O) groups is 2. The number of carboxylic acid groups (broad SMARTS) is 1. The van der Waals surface area contributed by atoms with Gasteiger partial charge < -0.3 is 10.0 Å². The van der Waals surface area contributed by atoms with E-state index in [-0.39, 0.29) is 29.6 Å². The van der Waals surface area contributed by atoms with Crippen molar-refractivity contribution >= 4 is 33.4 Å². The number of fused-ring (bicyclic) bond motifs is 1. The van der Waals surface area contributed by atoms with Gasteiger partial charge in [-0.2, -0.15) is 0 Å². The molecule has 0 spiro atoms. The first-order chi connectivity index (χ1) is 18.5. The molecule has 202 valence electrons. The number of amides is 1. The number of carbonyl (C=O) groups excluding carboxylic acids is 1. The van der Waals surface area contributed by atoms with Crippen molar-refractivity contribution in [2.24, 2.45) is 5.92 Å². The predicted molar refractivity (Wildman–Crippen MR) is 153 cm³/mol. The Hall–Kier alpha value is -3.65. The zero-order valence-corrected chi connectivity index (χ0v) is 23.8. The first-order valence-corrected chi connectivity index (χ1v) is 14.1. The highest BCUT2D eigenvalue weighted by molar-refractivity contribution is 7.18. The molecule has 2 aromatic carbocycles. The van der Waals surface area contributed by atoms with Crippen LogP contribution in [0.5, 0.6) is 0 Å². The van der Waals surface area contributed by atoms with Crippen LogP contribution in [0.25, 0.3) is 10.2 Å². The summed E-state index contributed by atoms with van der Waals surface area (Å²) in [6, 6.07) is 14.8. The van der Waals surface area contributed by atoms with Gasteiger partial charge in [-0.3, -0.25) is 14.8 Å². The maximum atomic E-state index is 14.5. The molecule has 0 radical (unpaired) electrons. The minimum absolute atomic E-state index is 0.0382. The van der Waals surface area contributed by atoms with Crippen LogP contribution in [0.2, 0.25) is 0 Å². The third-order valence-corrected chi connectivity index (χ3v) is 8.67. The molecule has 0 unspecified atom stereocenters. The van der Waals surface area contributed by atoms with E-state index in [0.29, 0.717) is 22.7 Å². The second-order valence-electron chi connectivity index (χ2n) is 11.8. The van der Waals surface area contributed by atoms with E-state index in [9.17, 15) is 14.7 Å². The lowest BCUT2D eigenvalue weighted by molar-refractivity contribution is -0.150. The average molecular weight is 543 g/mol. The average Bonchev–Trinajstić information content (AvgIpc) is 3.48. The molecule has 3 atom stereocenters. The van der Waals surface area contributed by atoms with Crippen molar-refractivity contribution in [3.63, 3.8) is 0 Å². The van der Waals surface area contributed by atoms with E-state index < -0.39 is 17.6 Å². The van der Waals surface area contributed by atoms with Crippen molar-refractivity contribution in [2.45, 2.75) is 70.4 Å². The van der Waals surface area contributed by atoms with Crippen molar-refractivity contribution in [1.29, 1.82) is 0 Å². The van der Waals surface area contributed by atoms with Crippen molar-refractivity contribution in [3.05, 3.63) is 88.9 Å². The Balaban J connectivity index is 1.72. The zero-order valence-electron chi connectivity index (χ0n) is 23.0. The topological polar surface area (TPSA) is 96.3 Å². The van der Waals surface area contributed by atoms with E-state index in [4.69, 9.17) is 4.98 Å². The Bertz CT molecular complexity index is 1460. The molecule has 2 aromatic heterocycles. The van der Waals surface area contributed by atoms with Gasteiger partial charge in [0.1, 0.15) is 10.5 Å². The quantitative estimate of drug-likeness (QED) is 0.294. The van der Waals surface area contributed by atoms with Crippen molar-refractivity contribution < 1.29 is 14.7 Å². The minimum atomic E-state index is -1.43. The van der Waals surface area contributed by atoms with Gasteiger partial charge >= 0.3 is 5.97 Å². The van der Waals surface area contributed by atoms with Crippen LogP contribution in [-0.2, 0) is 10.2 Å².